The molecular formula is C12H10BrNO. The summed E-state index contributed by atoms with van der Waals surface area (Å²) in [6.45, 7) is 1.95. The molecule has 0 N–H and O–H groups in total. The third-order valence-corrected chi connectivity index (χ3v) is 2.53. The molecule has 0 amide bonds. The monoisotopic (exact) mass is 263 g/mol. The Hall–Kier alpha value is -1.35. The van der Waals surface area contributed by atoms with Crippen LogP contribution in [-0.2, 0) is 0 Å². The van der Waals surface area contributed by atoms with Crippen LogP contribution in [-0.4, -0.2) is 5.16 Å². The zero-order valence-electron chi connectivity index (χ0n) is 8.27. The number of rotatable bonds is 2. The summed E-state index contributed by atoms with van der Waals surface area (Å²) in [5.74, 6) is 0.774. The van der Waals surface area contributed by atoms with Gasteiger partial charge in [-0.2, -0.15) is 0 Å². The number of hydrogen-bond donors (Lipinski definition) is 0. The molecular weight excluding hydrogens is 254 g/mol. The van der Waals surface area contributed by atoms with E-state index in [0.717, 1.165) is 21.5 Å². The van der Waals surface area contributed by atoms with Gasteiger partial charge in [-0.25, -0.2) is 0 Å². The van der Waals surface area contributed by atoms with E-state index in [0.29, 0.717) is 0 Å². The van der Waals surface area contributed by atoms with Crippen molar-refractivity contribution in [1.29, 1.82) is 0 Å². The minimum absolute atomic E-state index is 0.774. The van der Waals surface area contributed by atoms with Gasteiger partial charge in [-0.3, -0.25) is 0 Å². The van der Waals surface area contributed by atoms with Crippen LogP contribution >= 0.6 is 15.9 Å². The highest BCUT2D eigenvalue weighted by Crippen LogP contribution is 2.21. The number of aromatic nitrogens is 1. The molecule has 1 aromatic carbocycles. The van der Waals surface area contributed by atoms with E-state index in [-0.39, 0.29) is 0 Å². The van der Waals surface area contributed by atoms with Gasteiger partial charge in [0.15, 0.2) is 5.76 Å². The third-order valence-electron chi connectivity index (χ3n) is 2.00. The van der Waals surface area contributed by atoms with Crippen LogP contribution in [0.1, 0.15) is 12.7 Å². The SMILES string of the molecule is CC=Cc1cc(-c2ccc(Br)cc2)no1. The Morgan fingerprint density at radius 3 is 2.67 bits per heavy atom. The zero-order chi connectivity index (χ0) is 10.7. The second kappa shape index (κ2) is 4.45. The molecule has 0 radical (unpaired) electrons. The number of benzene rings is 1. The maximum Gasteiger partial charge on any atom is 0.159 e. The summed E-state index contributed by atoms with van der Waals surface area (Å²) in [6, 6.07) is 9.89. The molecule has 2 nitrogen and oxygen atoms in total. The Morgan fingerprint density at radius 1 is 1.27 bits per heavy atom. The average Bonchev–Trinajstić information content (AvgIpc) is 2.68. The smallest absolute Gasteiger partial charge is 0.159 e. The summed E-state index contributed by atoms with van der Waals surface area (Å²) in [4.78, 5) is 0. The molecule has 0 aliphatic rings. The van der Waals surface area contributed by atoms with Crippen molar-refractivity contribution in [3.8, 4) is 11.3 Å². The molecule has 76 valence electrons. The molecule has 15 heavy (non-hydrogen) atoms. The van der Waals surface area contributed by atoms with Gasteiger partial charge in [-0.1, -0.05) is 39.3 Å². The quantitative estimate of drug-likeness (QED) is 0.814. The van der Waals surface area contributed by atoms with E-state index < -0.39 is 0 Å². The van der Waals surface area contributed by atoms with Gasteiger partial charge in [0.1, 0.15) is 5.69 Å². The number of hydrogen-bond acceptors (Lipinski definition) is 2. The van der Waals surface area contributed by atoms with Crippen LogP contribution in [0.15, 0.2) is 45.4 Å². The lowest BCUT2D eigenvalue weighted by Gasteiger charge is -1.94. The highest BCUT2D eigenvalue weighted by Gasteiger charge is 2.03. The molecule has 1 aromatic heterocycles. The van der Waals surface area contributed by atoms with E-state index in [1.54, 1.807) is 0 Å². The summed E-state index contributed by atoms with van der Waals surface area (Å²) in [7, 11) is 0. The second-order valence-electron chi connectivity index (χ2n) is 3.12. The summed E-state index contributed by atoms with van der Waals surface area (Å²) in [6.07, 6.45) is 3.81. The molecule has 0 saturated carbocycles. The van der Waals surface area contributed by atoms with Crippen molar-refractivity contribution < 1.29 is 4.52 Å². The third kappa shape index (κ3) is 2.36. The van der Waals surface area contributed by atoms with E-state index in [4.69, 9.17) is 4.52 Å². The Kier molecular flexibility index (Phi) is 3.02. The maximum absolute atomic E-state index is 5.14. The largest absolute Gasteiger partial charge is 0.356 e. The molecule has 0 aliphatic carbocycles. The normalized spacial score (nSPS) is 11.1. The number of nitrogens with zero attached hydrogens (tertiary/aromatic N) is 1. The van der Waals surface area contributed by atoms with E-state index in [1.165, 1.54) is 0 Å². The minimum Gasteiger partial charge on any atom is -0.356 e. The van der Waals surface area contributed by atoms with Crippen molar-refractivity contribution in [2.24, 2.45) is 0 Å². The Balaban J connectivity index is 2.33. The van der Waals surface area contributed by atoms with Crippen molar-refractivity contribution in [1.82, 2.24) is 5.16 Å². The van der Waals surface area contributed by atoms with Crippen LogP contribution in [0.25, 0.3) is 17.3 Å². The van der Waals surface area contributed by atoms with Crippen LogP contribution < -0.4 is 0 Å². The highest BCUT2D eigenvalue weighted by atomic mass is 79.9. The lowest BCUT2D eigenvalue weighted by Crippen LogP contribution is -1.75. The van der Waals surface area contributed by atoms with Gasteiger partial charge in [-0.05, 0) is 25.1 Å². The first kappa shape index (κ1) is 10.2. The van der Waals surface area contributed by atoms with E-state index >= 15 is 0 Å². The predicted octanol–water partition coefficient (Wildman–Crippen LogP) is 4.14. The van der Waals surface area contributed by atoms with E-state index in [1.807, 2.05) is 49.4 Å². The molecule has 0 atom stereocenters. The zero-order valence-corrected chi connectivity index (χ0v) is 9.86. The number of halogens is 1. The van der Waals surface area contributed by atoms with Gasteiger partial charge >= 0.3 is 0 Å². The topological polar surface area (TPSA) is 26.0 Å². The fraction of sp³-hybridized carbons (Fsp3) is 0.0833. The first-order chi connectivity index (χ1) is 7.29. The van der Waals surface area contributed by atoms with Crippen LogP contribution in [0.4, 0.5) is 0 Å². The second-order valence-corrected chi connectivity index (χ2v) is 4.04. The van der Waals surface area contributed by atoms with Gasteiger partial charge in [0.25, 0.3) is 0 Å². The molecule has 2 aromatic rings. The van der Waals surface area contributed by atoms with Crippen molar-refractivity contribution in [3.05, 3.63) is 46.6 Å². The molecule has 0 aliphatic heterocycles. The summed E-state index contributed by atoms with van der Waals surface area (Å²) in [5.41, 5.74) is 1.91. The van der Waals surface area contributed by atoms with E-state index in [2.05, 4.69) is 21.1 Å². The lowest BCUT2D eigenvalue weighted by atomic mass is 10.1. The molecule has 3 heteroatoms. The summed E-state index contributed by atoms with van der Waals surface area (Å²) >= 11 is 3.39. The first-order valence-corrected chi connectivity index (χ1v) is 5.44. The molecule has 0 saturated heterocycles. The molecule has 2 rings (SSSR count). The lowest BCUT2D eigenvalue weighted by molar-refractivity contribution is 0.415. The van der Waals surface area contributed by atoms with E-state index in [9.17, 15) is 0 Å². The van der Waals surface area contributed by atoms with Gasteiger partial charge in [0.05, 0.1) is 0 Å². The maximum atomic E-state index is 5.14. The Morgan fingerprint density at radius 2 is 2.00 bits per heavy atom. The van der Waals surface area contributed by atoms with Gasteiger partial charge < -0.3 is 4.52 Å². The van der Waals surface area contributed by atoms with Crippen LogP contribution in [0.3, 0.4) is 0 Å². The van der Waals surface area contributed by atoms with Crippen molar-refractivity contribution >= 4 is 22.0 Å². The molecule has 0 bridgehead atoms. The van der Waals surface area contributed by atoms with Crippen LogP contribution in [0.5, 0.6) is 0 Å². The van der Waals surface area contributed by atoms with Crippen molar-refractivity contribution in [2.75, 3.05) is 0 Å². The van der Waals surface area contributed by atoms with Crippen molar-refractivity contribution in [3.63, 3.8) is 0 Å². The summed E-state index contributed by atoms with van der Waals surface area (Å²) < 4.78 is 6.20. The van der Waals surface area contributed by atoms with Gasteiger partial charge in [0, 0.05) is 16.1 Å². The van der Waals surface area contributed by atoms with Crippen molar-refractivity contribution in [2.45, 2.75) is 6.92 Å². The molecule has 0 unspecified atom stereocenters. The highest BCUT2D eigenvalue weighted by molar-refractivity contribution is 9.10. The van der Waals surface area contributed by atoms with Gasteiger partial charge in [-0.15, -0.1) is 0 Å². The summed E-state index contributed by atoms with van der Waals surface area (Å²) in [5, 5.41) is 3.99. The predicted molar refractivity (Wildman–Crippen MR) is 64.3 cm³/mol. The Labute approximate surface area is 96.7 Å². The fourth-order valence-electron chi connectivity index (χ4n) is 1.29. The van der Waals surface area contributed by atoms with Crippen LogP contribution in [0, 0.1) is 0 Å². The number of allylic oxidation sites excluding steroid dienone is 1. The average molecular weight is 264 g/mol. The standard InChI is InChI=1S/C12H10BrNO/c1-2-3-11-8-12(14-15-11)9-4-6-10(13)7-5-9/h2-8H,1H3. The molecule has 1 heterocycles. The van der Waals surface area contributed by atoms with Gasteiger partial charge in [0.2, 0.25) is 0 Å². The first-order valence-electron chi connectivity index (χ1n) is 4.65. The van der Waals surface area contributed by atoms with Crippen LogP contribution in [0.2, 0.25) is 0 Å². The fourth-order valence-corrected chi connectivity index (χ4v) is 1.55. The molecule has 0 spiro atoms. The Bertz CT molecular complexity index is 471. The minimum atomic E-state index is 0.774. The molecule has 0 fully saturated rings.